The molecule has 0 aliphatic rings. The van der Waals surface area contributed by atoms with Gasteiger partial charge in [-0.1, -0.05) is 0 Å². The van der Waals surface area contributed by atoms with Gasteiger partial charge in [0.25, 0.3) is 11.8 Å². The van der Waals surface area contributed by atoms with Crippen LogP contribution in [0.4, 0.5) is 8.78 Å². The van der Waals surface area contributed by atoms with Gasteiger partial charge in [-0.05, 0) is 72.8 Å². The molecule has 0 radical (unpaired) electrons. The average Bonchev–Trinajstić information content (AvgIpc) is 3.06. The van der Waals surface area contributed by atoms with Crippen LogP contribution in [0.15, 0.2) is 108 Å². The first-order valence-electron chi connectivity index (χ1n) is 13.3. The normalized spacial score (nSPS) is 10.8. The van der Waals surface area contributed by atoms with E-state index in [2.05, 4.69) is 41.0 Å². The van der Waals surface area contributed by atoms with E-state index in [1.165, 1.54) is 73.4 Å². The molecule has 0 saturated carbocycles. The van der Waals surface area contributed by atoms with Gasteiger partial charge in [0, 0.05) is 55.0 Å². The molecule has 6 aromatic rings. The number of aromatic nitrogens is 4. The van der Waals surface area contributed by atoms with Gasteiger partial charge >= 0.3 is 0 Å². The zero-order valence-electron chi connectivity index (χ0n) is 24.2. The predicted molar refractivity (Wildman–Crippen MR) is 165 cm³/mol. The van der Waals surface area contributed by atoms with Crippen molar-refractivity contribution in [3.05, 3.63) is 131 Å². The summed E-state index contributed by atoms with van der Waals surface area (Å²) in [5.74, 6) is -2.20. The van der Waals surface area contributed by atoms with E-state index in [1.807, 2.05) is 0 Å². The Morgan fingerprint density at radius 1 is 0.660 bits per heavy atom. The molecule has 0 fully saturated rings. The van der Waals surface area contributed by atoms with Crippen molar-refractivity contribution < 1.29 is 48.1 Å². The van der Waals surface area contributed by atoms with Gasteiger partial charge in [0.15, 0.2) is 0 Å². The number of benzene rings is 2. The number of hydrazone groups is 2. The zero-order chi connectivity index (χ0) is 32.5. The van der Waals surface area contributed by atoms with Crippen LogP contribution < -0.4 is 10.9 Å². The molecule has 2 amide bonds. The number of aromatic hydroxyl groups is 2. The predicted octanol–water partition coefficient (Wildman–Crippen LogP) is 4.47. The maximum Gasteiger partial charge on any atom is 0.272 e. The van der Waals surface area contributed by atoms with E-state index >= 15 is 0 Å². The van der Waals surface area contributed by atoms with Crippen LogP contribution in [0.5, 0.6) is 11.8 Å². The summed E-state index contributed by atoms with van der Waals surface area (Å²) in [5, 5.41) is 28.2. The number of carbonyl (C=O) groups is 2. The Morgan fingerprint density at radius 3 is 1.47 bits per heavy atom. The molecule has 4 heterocycles. The molecule has 0 spiro atoms. The molecule has 6 rings (SSSR count). The minimum Gasteiger partial charge on any atom is -0.493 e. The second kappa shape index (κ2) is 15.8. The van der Waals surface area contributed by atoms with Gasteiger partial charge in [-0.25, -0.2) is 29.6 Å². The number of hydrogen-bond donors (Lipinski definition) is 4. The van der Waals surface area contributed by atoms with Crippen molar-refractivity contribution in [2.75, 3.05) is 0 Å². The first-order valence-corrected chi connectivity index (χ1v) is 13.3. The van der Waals surface area contributed by atoms with Gasteiger partial charge in [0.1, 0.15) is 11.6 Å². The Morgan fingerprint density at radius 2 is 1.09 bits per heavy atom. The molecule has 47 heavy (non-hydrogen) atoms. The molecule has 0 unspecified atom stereocenters. The molecule has 4 N–H and O–H groups in total. The third kappa shape index (κ3) is 8.99. The zero-order valence-corrected chi connectivity index (χ0v) is 27.2. The number of carbonyl (C=O) groups excluding carboxylic acids is 2. The van der Waals surface area contributed by atoms with E-state index in [9.17, 15) is 28.6 Å². The largest absolute Gasteiger partial charge is 0.493 e. The van der Waals surface area contributed by atoms with Crippen LogP contribution in [0.2, 0.25) is 0 Å². The summed E-state index contributed by atoms with van der Waals surface area (Å²) in [6, 6.07) is 17.6. The van der Waals surface area contributed by atoms with Crippen molar-refractivity contribution in [3.8, 4) is 11.8 Å². The maximum atomic E-state index is 13.2. The Kier molecular flexibility index (Phi) is 11.3. The molecular weight excluding hydrogens is 664 g/mol. The van der Waals surface area contributed by atoms with Crippen LogP contribution in [0.25, 0.3) is 21.8 Å². The SMILES string of the molecule is O=C(N/N=C/c1cc2cc(F)ccc2nc1O)c1cccnc1.O=C(N/N=C/c1cc2cc(F)ccc2nc1O)c1cccnc1.[Zn]. The van der Waals surface area contributed by atoms with E-state index in [0.717, 1.165) is 0 Å². The number of nitrogens with zero attached hydrogens (tertiary/aromatic N) is 6. The summed E-state index contributed by atoms with van der Waals surface area (Å²) < 4.78 is 26.5. The summed E-state index contributed by atoms with van der Waals surface area (Å²) in [5.41, 5.74) is 6.77. The fraction of sp³-hybridized carbons (Fsp3) is 0. The Bertz CT molecular complexity index is 1950. The standard InChI is InChI=1S/2C16H11FN4O2.Zn/c2*17-13-3-4-14-11(7-13)6-12(15(22)20-14)9-19-21-16(23)10-2-1-5-18-8-10;/h2*1-9H,(H,20,22)(H,21,23);/b2*19-9+;. The van der Waals surface area contributed by atoms with E-state index in [0.29, 0.717) is 32.9 Å². The molecule has 0 aliphatic carbocycles. The first kappa shape index (κ1) is 33.8. The van der Waals surface area contributed by atoms with Crippen molar-refractivity contribution in [1.82, 2.24) is 30.8 Å². The molecule has 0 bridgehead atoms. The van der Waals surface area contributed by atoms with Crippen LogP contribution in [-0.2, 0) is 19.5 Å². The molecule has 0 atom stereocenters. The molecule has 15 heteroatoms. The number of rotatable bonds is 6. The fourth-order valence-electron chi connectivity index (χ4n) is 3.94. The van der Waals surface area contributed by atoms with Crippen molar-refractivity contribution in [2.45, 2.75) is 0 Å². The molecule has 0 saturated heterocycles. The van der Waals surface area contributed by atoms with Crippen LogP contribution in [0.3, 0.4) is 0 Å². The van der Waals surface area contributed by atoms with Crippen molar-refractivity contribution in [3.63, 3.8) is 0 Å². The molecular formula is C32H22F2N8O4Zn. The smallest absolute Gasteiger partial charge is 0.272 e. The number of nitrogens with one attached hydrogen (secondary N) is 2. The maximum absolute atomic E-state index is 13.2. The van der Waals surface area contributed by atoms with Gasteiger partial charge in [0.2, 0.25) is 11.8 Å². The van der Waals surface area contributed by atoms with Crippen molar-refractivity contribution in [2.24, 2.45) is 10.2 Å². The number of amides is 2. The second-order valence-corrected chi connectivity index (χ2v) is 9.36. The van der Waals surface area contributed by atoms with Crippen LogP contribution in [0, 0.1) is 11.6 Å². The summed E-state index contributed by atoms with van der Waals surface area (Å²) in [4.78, 5) is 39.1. The Hall–Kier alpha value is -6.08. The Balaban J connectivity index is 0.000000208. The van der Waals surface area contributed by atoms with Crippen molar-refractivity contribution >= 4 is 46.0 Å². The summed E-state index contributed by atoms with van der Waals surface area (Å²) in [7, 11) is 0. The number of hydrogen-bond acceptors (Lipinski definition) is 10. The topological polar surface area (TPSA) is 175 Å². The van der Waals surface area contributed by atoms with Gasteiger partial charge in [-0.2, -0.15) is 10.2 Å². The fourth-order valence-corrected chi connectivity index (χ4v) is 3.94. The van der Waals surface area contributed by atoms with E-state index in [4.69, 9.17) is 0 Å². The van der Waals surface area contributed by atoms with Crippen LogP contribution >= 0.6 is 0 Å². The number of pyridine rings is 4. The first-order chi connectivity index (χ1) is 22.3. The minimum atomic E-state index is -0.436. The third-order valence-electron chi connectivity index (χ3n) is 6.16. The number of fused-ring (bicyclic) bond motifs is 2. The van der Waals surface area contributed by atoms with E-state index in [-0.39, 0.29) is 42.4 Å². The van der Waals surface area contributed by atoms with Gasteiger partial charge in [-0.3, -0.25) is 19.6 Å². The molecule has 2 aromatic carbocycles. The van der Waals surface area contributed by atoms with E-state index < -0.39 is 23.4 Å². The molecule has 12 nitrogen and oxygen atoms in total. The molecule has 0 aliphatic heterocycles. The monoisotopic (exact) mass is 684 g/mol. The van der Waals surface area contributed by atoms with Crippen molar-refractivity contribution in [1.29, 1.82) is 0 Å². The van der Waals surface area contributed by atoms with Crippen LogP contribution in [0.1, 0.15) is 31.8 Å². The summed E-state index contributed by atoms with van der Waals surface area (Å²) in [6.07, 6.45) is 8.39. The molecule has 4 aromatic heterocycles. The average molecular weight is 686 g/mol. The number of halogens is 2. The van der Waals surface area contributed by atoms with Gasteiger partial charge in [-0.15, -0.1) is 0 Å². The van der Waals surface area contributed by atoms with Crippen LogP contribution in [-0.4, -0.2) is 54.4 Å². The summed E-state index contributed by atoms with van der Waals surface area (Å²) in [6.45, 7) is 0. The van der Waals surface area contributed by atoms with E-state index in [1.54, 1.807) is 36.7 Å². The quantitative estimate of drug-likeness (QED) is 0.113. The second-order valence-electron chi connectivity index (χ2n) is 9.36. The minimum absolute atomic E-state index is 0. The van der Waals surface area contributed by atoms with Gasteiger partial charge < -0.3 is 10.2 Å². The van der Waals surface area contributed by atoms with Gasteiger partial charge in [0.05, 0.1) is 45.7 Å². The summed E-state index contributed by atoms with van der Waals surface area (Å²) >= 11 is 0. The Labute approximate surface area is 277 Å². The molecule has 230 valence electrons. The third-order valence-corrected chi connectivity index (χ3v) is 6.16.